The zero-order chi connectivity index (χ0) is 21.6. The number of methoxy groups -OCH3 is 1. The number of rotatable bonds is 7. The third-order valence-electron chi connectivity index (χ3n) is 3.87. The zero-order valence-electron chi connectivity index (χ0n) is 15.5. The van der Waals surface area contributed by atoms with E-state index in [9.17, 15) is 23.2 Å². The van der Waals surface area contributed by atoms with E-state index in [1.807, 2.05) is 6.92 Å². The van der Waals surface area contributed by atoms with Gasteiger partial charge in [0.1, 0.15) is 0 Å². The number of hydrogen-bond donors (Lipinski definition) is 2. The van der Waals surface area contributed by atoms with Crippen LogP contribution in [0.3, 0.4) is 0 Å². The number of benzene rings is 1. The molecule has 0 unspecified atom stereocenters. The highest BCUT2D eigenvalue weighted by Crippen LogP contribution is 2.24. The minimum Gasteiger partial charge on any atom is -0.409 e. The van der Waals surface area contributed by atoms with E-state index in [4.69, 9.17) is 20.9 Å². The van der Waals surface area contributed by atoms with E-state index < -0.39 is 24.4 Å². The van der Waals surface area contributed by atoms with Crippen LogP contribution in [-0.2, 0) is 16.1 Å². The minimum absolute atomic E-state index is 0.156. The average molecular weight is 435 g/mol. The van der Waals surface area contributed by atoms with E-state index in [0.717, 1.165) is 17.2 Å². The first kappa shape index (κ1) is 22.5. The molecule has 2 aromatic rings. The van der Waals surface area contributed by atoms with Crippen LogP contribution in [0.4, 0.5) is 19.0 Å². The Labute approximate surface area is 168 Å². The van der Waals surface area contributed by atoms with Gasteiger partial charge in [-0.3, -0.25) is 9.69 Å². The lowest BCUT2D eigenvalue weighted by Crippen LogP contribution is -2.43. The Morgan fingerprint density at radius 2 is 2.14 bits per heavy atom. The molecule has 0 spiro atoms. The van der Waals surface area contributed by atoms with Gasteiger partial charge in [-0.05, 0) is 30.2 Å². The van der Waals surface area contributed by atoms with Crippen molar-refractivity contribution < 1.29 is 32.4 Å². The smallest absolute Gasteiger partial charge is 0.409 e. The van der Waals surface area contributed by atoms with Crippen molar-refractivity contribution in [2.45, 2.75) is 19.6 Å². The highest BCUT2D eigenvalue weighted by Gasteiger charge is 2.43. The Bertz CT molecular complexity index is 886. The summed E-state index contributed by atoms with van der Waals surface area (Å²) in [5.74, 6) is -2.88. The number of ether oxygens (including phenoxy) is 1. The number of carbonyl (C=O) groups excluding carboxylic acids is 1. The van der Waals surface area contributed by atoms with Crippen molar-refractivity contribution in [3.05, 3.63) is 46.2 Å². The van der Waals surface area contributed by atoms with Crippen LogP contribution in [0.15, 0.2) is 33.9 Å². The number of nitrogens with zero attached hydrogens (tertiary/aromatic N) is 3. The first-order chi connectivity index (χ1) is 13.7. The Morgan fingerprint density at radius 1 is 1.41 bits per heavy atom. The zero-order valence-corrected chi connectivity index (χ0v) is 16.2. The van der Waals surface area contributed by atoms with Gasteiger partial charge in [0.2, 0.25) is 11.6 Å². The van der Waals surface area contributed by atoms with E-state index in [2.05, 4.69) is 15.6 Å². The lowest BCUT2D eigenvalue weighted by molar-refractivity contribution is -0.170. The van der Waals surface area contributed by atoms with Gasteiger partial charge < -0.3 is 19.8 Å². The third kappa shape index (κ3) is 5.84. The van der Waals surface area contributed by atoms with E-state index in [0.29, 0.717) is 9.92 Å². The molecule has 0 aliphatic heterocycles. The quantitative estimate of drug-likeness (QED) is 0.300. The number of oxime groups is 1. The summed E-state index contributed by atoms with van der Waals surface area (Å²) in [6.07, 6.45) is -5.11. The first-order valence-corrected chi connectivity index (χ1v) is 8.60. The Balaban J connectivity index is 2.20. The summed E-state index contributed by atoms with van der Waals surface area (Å²) in [5.41, 5.74) is 1.71. The van der Waals surface area contributed by atoms with E-state index in [1.165, 1.54) is 7.11 Å². The van der Waals surface area contributed by atoms with Gasteiger partial charge in [-0.25, -0.2) is 0 Å². The molecule has 2 rings (SSSR count). The molecule has 8 nitrogen and oxygen atoms in total. The SMILES string of the molecule is COCCN(C(=O)C(F)(F)F)c1cc(C(=NO)NCc2cc(Cl)ccc2C)on1. The van der Waals surface area contributed by atoms with Gasteiger partial charge in [-0.2, -0.15) is 13.2 Å². The Kier molecular flexibility index (Phi) is 7.46. The second kappa shape index (κ2) is 9.61. The molecule has 0 fully saturated rings. The average Bonchev–Trinajstić information content (AvgIpc) is 3.14. The topological polar surface area (TPSA) is 100 Å². The van der Waals surface area contributed by atoms with E-state index >= 15 is 0 Å². The molecule has 0 atom stereocenters. The van der Waals surface area contributed by atoms with E-state index in [-0.39, 0.29) is 24.7 Å². The van der Waals surface area contributed by atoms with Crippen LogP contribution in [0, 0.1) is 6.92 Å². The number of nitrogens with one attached hydrogen (secondary N) is 1. The summed E-state index contributed by atoms with van der Waals surface area (Å²) >= 11 is 5.95. The normalized spacial score (nSPS) is 12.1. The summed E-state index contributed by atoms with van der Waals surface area (Å²) < 4.78 is 48.2. The van der Waals surface area contributed by atoms with Crippen molar-refractivity contribution in [1.29, 1.82) is 0 Å². The lowest BCUT2D eigenvalue weighted by atomic mass is 10.1. The maximum absolute atomic E-state index is 12.8. The fourth-order valence-corrected chi connectivity index (χ4v) is 2.54. The number of carbonyl (C=O) groups is 1. The Morgan fingerprint density at radius 3 is 2.76 bits per heavy atom. The molecule has 0 bridgehead atoms. The molecule has 0 saturated carbocycles. The number of amidine groups is 1. The van der Waals surface area contributed by atoms with E-state index in [1.54, 1.807) is 18.2 Å². The molecule has 1 aromatic heterocycles. The number of aromatic nitrogens is 1. The number of alkyl halides is 3. The molecule has 2 N–H and O–H groups in total. The third-order valence-corrected chi connectivity index (χ3v) is 4.11. The molecular weight excluding hydrogens is 417 g/mol. The molecule has 29 heavy (non-hydrogen) atoms. The summed E-state index contributed by atoms with van der Waals surface area (Å²) in [6, 6.07) is 6.28. The predicted octanol–water partition coefficient (Wildman–Crippen LogP) is 3.10. The summed E-state index contributed by atoms with van der Waals surface area (Å²) in [6.45, 7) is 1.49. The van der Waals surface area contributed by atoms with Crippen LogP contribution in [0.25, 0.3) is 0 Å². The summed E-state index contributed by atoms with van der Waals surface area (Å²) in [4.78, 5) is 12.0. The predicted molar refractivity (Wildman–Crippen MR) is 98.1 cm³/mol. The highest BCUT2D eigenvalue weighted by atomic mass is 35.5. The van der Waals surface area contributed by atoms with Crippen LogP contribution in [0.1, 0.15) is 16.9 Å². The molecule has 1 heterocycles. The van der Waals surface area contributed by atoms with Gasteiger partial charge >= 0.3 is 12.1 Å². The monoisotopic (exact) mass is 434 g/mol. The molecular formula is C17H18ClF3N4O4. The van der Waals surface area contributed by atoms with Crippen LogP contribution in [0.5, 0.6) is 0 Å². The molecule has 0 radical (unpaired) electrons. The fraction of sp³-hybridized carbons (Fsp3) is 0.353. The minimum atomic E-state index is -5.11. The summed E-state index contributed by atoms with van der Waals surface area (Å²) in [7, 11) is 1.28. The standard InChI is InChI=1S/C17H18ClF3N4O4/c1-10-3-4-12(18)7-11(10)9-22-15(23-27)13-8-14(24-29-13)25(5-6-28-2)16(26)17(19,20)21/h3-4,7-8,27H,5-6,9H2,1-2H3,(H,22,23). The molecule has 158 valence electrons. The first-order valence-electron chi connectivity index (χ1n) is 8.23. The molecule has 12 heteroatoms. The van der Waals surface area contributed by atoms with Crippen molar-refractivity contribution in [3.8, 4) is 0 Å². The van der Waals surface area contributed by atoms with Gasteiger partial charge in [0.25, 0.3) is 0 Å². The van der Waals surface area contributed by atoms with Crippen LogP contribution in [-0.4, -0.2) is 48.5 Å². The fourth-order valence-electron chi connectivity index (χ4n) is 2.34. The number of anilines is 1. The number of hydrogen-bond acceptors (Lipinski definition) is 6. The van der Waals surface area contributed by atoms with Gasteiger partial charge in [0, 0.05) is 24.7 Å². The van der Waals surface area contributed by atoms with Crippen LogP contribution >= 0.6 is 11.6 Å². The van der Waals surface area contributed by atoms with Crippen molar-refractivity contribution in [2.75, 3.05) is 25.2 Å². The second-order valence-corrected chi connectivity index (χ2v) is 6.31. The number of halogens is 4. The lowest BCUT2D eigenvalue weighted by Gasteiger charge is -2.20. The van der Waals surface area contributed by atoms with Gasteiger partial charge in [-0.1, -0.05) is 28.0 Å². The molecule has 1 aromatic carbocycles. The number of amides is 1. The maximum Gasteiger partial charge on any atom is 0.471 e. The second-order valence-electron chi connectivity index (χ2n) is 5.87. The van der Waals surface area contributed by atoms with Crippen molar-refractivity contribution >= 4 is 29.2 Å². The molecule has 0 aliphatic carbocycles. The van der Waals surface area contributed by atoms with Crippen LogP contribution < -0.4 is 10.2 Å². The largest absolute Gasteiger partial charge is 0.471 e. The summed E-state index contributed by atoms with van der Waals surface area (Å²) in [5, 5.41) is 19.1. The van der Waals surface area contributed by atoms with Gasteiger partial charge in [-0.15, -0.1) is 0 Å². The van der Waals surface area contributed by atoms with Crippen molar-refractivity contribution in [3.63, 3.8) is 0 Å². The molecule has 1 amide bonds. The molecule has 0 saturated heterocycles. The van der Waals surface area contributed by atoms with Crippen LogP contribution in [0.2, 0.25) is 5.02 Å². The van der Waals surface area contributed by atoms with Crippen molar-refractivity contribution in [1.82, 2.24) is 10.5 Å². The van der Waals surface area contributed by atoms with Gasteiger partial charge in [0.15, 0.2) is 5.82 Å². The maximum atomic E-state index is 12.8. The highest BCUT2D eigenvalue weighted by molar-refractivity contribution is 6.30. The van der Waals surface area contributed by atoms with Crippen molar-refractivity contribution in [2.24, 2.45) is 5.16 Å². The van der Waals surface area contributed by atoms with Gasteiger partial charge in [0.05, 0.1) is 13.2 Å². The molecule has 0 aliphatic rings. The number of aryl methyl sites for hydroxylation is 1. The Hall–Kier alpha value is -2.79.